The lowest BCUT2D eigenvalue weighted by atomic mass is 10.0. The minimum atomic E-state index is -0.303. The third-order valence-corrected chi connectivity index (χ3v) is 5.64. The second kappa shape index (κ2) is 7.77. The summed E-state index contributed by atoms with van der Waals surface area (Å²) in [7, 11) is 0. The van der Waals surface area contributed by atoms with Gasteiger partial charge >= 0.3 is 0 Å². The molecule has 0 aliphatic carbocycles. The third-order valence-electron chi connectivity index (χ3n) is 3.57. The van der Waals surface area contributed by atoms with E-state index in [-0.39, 0.29) is 6.17 Å². The average Bonchev–Trinajstić information content (AvgIpc) is 3.02. The number of anilines is 1. The molecule has 0 spiro atoms. The Morgan fingerprint density at radius 1 is 1.17 bits per heavy atom. The lowest BCUT2D eigenvalue weighted by Gasteiger charge is -2.15. The molecule has 6 heteroatoms. The molecule has 0 amide bonds. The summed E-state index contributed by atoms with van der Waals surface area (Å²) in [5.74, 6) is 1.08. The van der Waals surface area contributed by atoms with Crippen molar-refractivity contribution in [3.8, 4) is 0 Å². The molecule has 1 aromatic heterocycles. The fourth-order valence-electron chi connectivity index (χ4n) is 2.36. The highest BCUT2D eigenvalue weighted by Crippen LogP contribution is 2.29. The number of nitrogens with two attached hydrogens (primary N) is 1. The Labute approximate surface area is 144 Å². The summed E-state index contributed by atoms with van der Waals surface area (Å²) < 4.78 is 0.992. The number of benzene rings is 2. The zero-order valence-electron chi connectivity index (χ0n) is 13.0. The summed E-state index contributed by atoms with van der Waals surface area (Å²) in [5, 5.41) is 14.8. The number of hydrogen-bond acceptors (Lipinski definition) is 6. The van der Waals surface area contributed by atoms with Gasteiger partial charge in [0.25, 0.3) is 0 Å². The van der Waals surface area contributed by atoms with Crippen LogP contribution in [0.2, 0.25) is 0 Å². The number of unbranched alkanes of at least 4 members (excludes halogenated alkanes) is 1. The molecule has 4 nitrogen and oxygen atoms in total. The first kappa shape index (κ1) is 16.2. The van der Waals surface area contributed by atoms with Crippen molar-refractivity contribution in [2.45, 2.75) is 30.3 Å². The van der Waals surface area contributed by atoms with Gasteiger partial charge in [0, 0.05) is 5.75 Å². The quantitative estimate of drug-likeness (QED) is 0.371. The molecule has 1 atom stereocenters. The highest BCUT2D eigenvalue weighted by atomic mass is 32.2. The van der Waals surface area contributed by atoms with Crippen LogP contribution in [0.3, 0.4) is 0 Å². The fraction of sp³-hybridized carbons (Fsp3) is 0.294. The monoisotopic (exact) mass is 344 g/mol. The number of thioether (sulfide) groups is 1. The van der Waals surface area contributed by atoms with E-state index in [2.05, 4.69) is 46.7 Å². The molecule has 2 aromatic carbocycles. The van der Waals surface area contributed by atoms with Gasteiger partial charge in [-0.15, -0.1) is 10.2 Å². The van der Waals surface area contributed by atoms with Crippen molar-refractivity contribution in [1.29, 1.82) is 0 Å². The van der Waals surface area contributed by atoms with Crippen LogP contribution in [-0.2, 0) is 0 Å². The molecule has 0 radical (unpaired) electrons. The second-order valence-electron chi connectivity index (χ2n) is 5.27. The maximum Gasteiger partial charge on any atom is 0.207 e. The minimum absolute atomic E-state index is 0.303. The smallest absolute Gasteiger partial charge is 0.207 e. The number of aromatic nitrogens is 2. The van der Waals surface area contributed by atoms with Gasteiger partial charge in [-0.1, -0.05) is 78.9 Å². The Hall–Kier alpha value is -1.63. The molecule has 3 N–H and O–H groups in total. The second-order valence-corrected chi connectivity index (χ2v) is 7.59. The molecule has 0 aliphatic rings. The van der Waals surface area contributed by atoms with Crippen LogP contribution in [0.4, 0.5) is 5.13 Å². The molecule has 0 aliphatic heterocycles. The Morgan fingerprint density at radius 2 is 2.00 bits per heavy atom. The maximum atomic E-state index is 6.35. The molecule has 0 bridgehead atoms. The molecule has 0 fully saturated rings. The van der Waals surface area contributed by atoms with E-state index >= 15 is 0 Å². The molecule has 0 saturated heterocycles. The van der Waals surface area contributed by atoms with E-state index in [1.54, 1.807) is 23.1 Å². The van der Waals surface area contributed by atoms with E-state index in [9.17, 15) is 0 Å². The average molecular weight is 345 g/mol. The predicted molar refractivity (Wildman–Crippen MR) is 100 cm³/mol. The van der Waals surface area contributed by atoms with E-state index in [0.717, 1.165) is 26.2 Å². The van der Waals surface area contributed by atoms with Crippen molar-refractivity contribution in [3.63, 3.8) is 0 Å². The van der Waals surface area contributed by atoms with Crippen LogP contribution in [0, 0.1) is 0 Å². The van der Waals surface area contributed by atoms with Gasteiger partial charge in [-0.2, -0.15) is 0 Å². The maximum absolute atomic E-state index is 6.35. The van der Waals surface area contributed by atoms with Crippen molar-refractivity contribution < 1.29 is 0 Å². The largest absolute Gasteiger partial charge is 0.341 e. The molecular formula is C17H20N4S2. The summed E-state index contributed by atoms with van der Waals surface area (Å²) in [6.45, 7) is 2.19. The van der Waals surface area contributed by atoms with Gasteiger partial charge in [0.2, 0.25) is 5.13 Å². The number of hydrogen-bond donors (Lipinski definition) is 2. The van der Waals surface area contributed by atoms with Crippen molar-refractivity contribution in [2.75, 3.05) is 11.1 Å². The highest BCUT2D eigenvalue weighted by Gasteiger charge is 2.12. The summed E-state index contributed by atoms with van der Waals surface area (Å²) in [6.07, 6.45) is 2.09. The Morgan fingerprint density at radius 3 is 2.87 bits per heavy atom. The zero-order valence-corrected chi connectivity index (χ0v) is 14.7. The topological polar surface area (TPSA) is 63.8 Å². The van der Waals surface area contributed by atoms with Crippen LogP contribution in [0.15, 0.2) is 46.8 Å². The molecule has 3 rings (SSSR count). The van der Waals surface area contributed by atoms with Crippen molar-refractivity contribution in [1.82, 2.24) is 10.2 Å². The summed E-state index contributed by atoms with van der Waals surface area (Å²) >= 11 is 3.32. The summed E-state index contributed by atoms with van der Waals surface area (Å²) in [5.41, 5.74) is 7.41. The SMILES string of the molecule is CCCCSc1nnc(NC(N)c2cccc3ccccc23)s1. The molecule has 1 heterocycles. The number of nitrogens with one attached hydrogen (secondary N) is 1. The Bertz CT molecular complexity index is 767. The number of fused-ring (bicyclic) bond motifs is 1. The van der Waals surface area contributed by atoms with Gasteiger partial charge in [0.1, 0.15) is 6.17 Å². The molecular weight excluding hydrogens is 324 g/mol. The van der Waals surface area contributed by atoms with Gasteiger partial charge in [-0.05, 0) is 22.8 Å². The van der Waals surface area contributed by atoms with Crippen molar-refractivity contribution >= 4 is 39.0 Å². The van der Waals surface area contributed by atoms with Crippen LogP contribution in [-0.4, -0.2) is 16.0 Å². The number of rotatable bonds is 7. The van der Waals surface area contributed by atoms with Gasteiger partial charge in [0.05, 0.1) is 0 Å². The zero-order chi connectivity index (χ0) is 16.1. The molecule has 23 heavy (non-hydrogen) atoms. The van der Waals surface area contributed by atoms with Crippen LogP contribution in [0.5, 0.6) is 0 Å². The standard InChI is InChI=1S/C17H20N4S2/c1-2-3-11-22-17-21-20-16(23-17)19-15(18)14-10-6-8-12-7-4-5-9-13(12)14/h4-10,15H,2-3,11,18H2,1H3,(H,19,20). The first-order valence-corrected chi connectivity index (χ1v) is 9.54. The summed E-state index contributed by atoms with van der Waals surface area (Å²) in [6, 6.07) is 14.4. The van der Waals surface area contributed by atoms with E-state index in [0.29, 0.717) is 0 Å². The predicted octanol–water partition coefficient (Wildman–Crippen LogP) is 4.65. The van der Waals surface area contributed by atoms with Gasteiger partial charge in [-0.3, -0.25) is 0 Å². The lowest BCUT2D eigenvalue weighted by Crippen LogP contribution is -2.20. The van der Waals surface area contributed by atoms with Crippen LogP contribution in [0.1, 0.15) is 31.5 Å². The van der Waals surface area contributed by atoms with Crippen LogP contribution >= 0.6 is 23.1 Å². The highest BCUT2D eigenvalue weighted by molar-refractivity contribution is 8.01. The van der Waals surface area contributed by atoms with Crippen molar-refractivity contribution in [3.05, 3.63) is 48.0 Å². The Kier molecular flexibility index (Phi) is 5.48. The van der Waals surface area contributed by atoms with E-state index in [1.807, 2.05) is 18.2 Å². The first-order chi connectivity index (χ1) is 11.3. The van der Waals surface area contributed by atoms with Crippen LogP contribution in [0.25, 0.3) is 10.8 Å². The lowest BCUT2D eigenvalue weighted by molar-refractivity contribution is 0.834. The Balaban J connectivity index is 1.72. The minimum Gasteiger partial charge on any atom is -0.341 e. The van der Waals surface area contributed by atoms with Gasteiger partial charge < -0.3 is 11.1 Å². The van der Waals surface area contributed by atoms with Gasteiger partial charge in [-0.25, -0.2) is 0 Å². The molecule has 120 valence electrons. The first-order valence-electron chi connectivity index (χ1n) is 7.74. The normalized spacial score (nSPS) is 12.4. The molecule has 3 aromatic rings. The van der Waals surface area contributed by atoms with E-state index < -0.39 is 0 Å². The van der Waals surface area contributed by atoms with Crippen molar-refractivity contribution in [2.24, 2.45) is 5.73 Å². The number of nitrogens with zero attached hydrogens (tertiary/aromatic N) is 2. The van der Waals surface area contributed by atoms with E-state index in [1.165, 1.54) is 18.2 Å². The summed E-state index contributed by atoms with van der Waals surface area (Å²) in [4.78, 5) is 0. The van der Waals surface area contributed by atoms with E-state index in [4.69, 9.17) is 5.73 Å². The third kappa shape index (κ3) is 4.02. The van der Waals surface area contributed by atoms with Gasteiger partial charge in [0.15, 0.2) is 4.34 Å². The fourth-order valence-corrected chi connectivity index (χ4v) is 4.31. The molecule has 0 saturated carbocycles. The van der Waals surface area contributed by atoms with Crippen LogP contribution < -0.4 is 11.1 Å². The molecule has 1 unspecified atom stereocenters.